The number of halogens is 1. The van der Waals surface area contributed by atoms with E-state index in [1.54, 1.807) is 0 Å². The van der Waals surface area contributed by atoms with Gasteiger partial charge in [-0.15, -0.1) is 12.4 Å². The van der Waals surface area contributed by atoms with E-state index < -0.39 is 0 Å². The Balaban J connectivity index is 0.00000196. The fourth-order valence-corrected chi connectivity index (χ4v) is 1.67. The number of aryl methyl sites for hydroxylation is 1. The zero-order chi connectivity index (χ0) is 10.6. The van der Waals surface area contributed by atoms with Gasteiger partial charge in [0.25, 0.3) is 0 Å². The molecule has 0 radical (unpaired) electrons. The van der Waals surface area contributed by atoms with Crippen LogP contribution >= 0.6 is 12.4 Å². The Bertz CT molecular complexity index is 300. The smallest absolute Gasteiger partial charge is 0.0298 e. The number of benzene rings is 1. The highest BCUT2D eigenvalue weighted by Gasteiger charge is 2.08. The molecule has 0 aromatic heterocycles. The average Bonchev–Trinajstić information content (AvgIpc) is 2.18. The highest BCUT2D eigenvalue weighted by Crippen LogP contribution is 2.21. The lowest BCUT2D eigenvalue weighted by Crippen LogP contribution is -2.14. The van der Waals surface area contributed by atoms with Gasteiger partial charge in [0.15, 0.2) is 0 Å². The van der Waals surface area contributed by atoms with Crippen molar-refractivity contribution in [2.24, 2.45) is 11.5 Å². The molecule has 0 heterocycles. The minimum absolute atomic E-state index is 0. The van der Waals surface area contributed by atoms with Crippen molar-refractivity contribution < 1.29 is 0 Å². The lowest BCUT2D eigenvalue weighted by Gasteiger charge is -2.15. The third kappa shape index (κ3) is 3.82. The summed E-state index contributed by atoms with van der Waals surface area (Å²) in [6, 6.07) is 6.44. The third-order valence-electron chi connectivity index (χ3n) is 2.77. The highest BCUT2D eigenvalue weighted by molar-refractivity contribution is 5.85. The molecule has 1 atom stereocenters. The molecule has 86 valence electrons. The molecule has 15 heavy (non-hydrogen) atoms. The summed E-state index contributed by atoms with van der Waals surface area (Å²) in [5, 5.41) is 0. The predicted octanol–water partition coefficient (Wildman–Crippen LogP) is 2.46. The van der Waals surface area contributed by atoms with Crippen LogP contribution in [0.3, 0.4) is 0 Å². The lowest BCUT2D eigenvalue weighted by atomic mass is 9.95. The maximum absolute atomic E-state index is 6.10. The van der Waals surface area contributed by atoms with Gasteiger partial charge < -0.3 is 11.5 Å². The second-order valence-corrected chi connectivity index (χ2v) is 3.83. The van der Waals surface area contributed by atoms with Crippen LogP contribution in [0.25, 0.3) is 0 Å². The van der Waals surface area contributed by atoms with Gasteiger partial charge in [-0.1, -0.05) is 18.2 Å². The van der Waals surface area contributed by atoms with Crippen LogP contribution in [0.5, 0.6) is 0 Å². The number of hydrogen-bond donors (Lipinski definition) is 2. The van der Waals surface area contributed by atoms with Gasteiger partial charge in [-0.05, 0) is 49.9 Å². The van der Waals surface area contributed by atoms with Gasteiger partial charge in [-0.2, -0.15) is 0 Å². The highest BCUT2D eigenvalue weighted by atomic mass is 35.5. The molecule has 0 aliphatic carbocycles. The van der Waals surface area contributed by atoms with Gasteiger partial charge in [0, 0.05) is 6.04 Å². The van der Waals surface area contributed by atoms with E-state index in [9.17, 15) is 0 Å². The van der Waals surface area contributed by atoms with Crippen molar-refractivity contribution in [2.45, 2.75) is 32.7 Å². The van der Waals surface area contributed by atoms with Crippen molar-refractivity contribution in [3.05, 3.63) is 34.9 Å². The molecule has 1 aromatic carbocycles. The molecule has 0 spiro atoms. The second-order valence-electron chi connectivity index (χ2n) is 3.83. The summed E-state index contributed by atoms with van der Waals surface area (Å²) in [5.41, 5.74) is 15.5. The maximum atomic E-state index is 6.10. The van der Waals surface area contributed by atoms with Gasteiger partial charge in [0.2, 0.25) is 0 Å². The molecule has 0 unspecified atom stereocenters. The molecule has 1 rings (SSSR count). The minimum atomic E-state index is 0. The Morgan fingerprint density at radius 2 is 1.93 bits per heavy atom. The van der Waals surface area contributed by atoms with E-state index in [1.807, 2.05) is 0 Å². The predicted molar refractivity (Wildman–Crippen MR) is 68.4 cm³/mol. The monoisotopic (exact) mass is 228 g/mol. The molecule has 0 aliphatic rings. The SMILES string of the molecule is Cc1cccc([C@@H](N)CCCN)c1C.Cl. The summed E-state index contributed by atoms with van der Waals surface area (Å²) in [4.78, 5) is 0. The number of rotatable bonds is 4. The second kappa shape index (κ2) is 6.83. The molecule has 0 saturated carbocycles. The van der Waals surface area contributed by atoms with Crippen LogP contribution in [0.15, 0.2) is 18.2 Å². The lowest BCUT2D eigenvalue weighted by molar-refractivity contribution is 0.615. The van der Waals surface area contributed by atoms with E-state index in [0.717, 1.165) is 19.4 Å². The van der Waals surface area contributed by atoms with Crippen molar-refractivity contribution in [2.75, 3.05) is 6.54 Å². The molecule has 0 fully saturated rings. The van der Waals surface area contributed by atoms with Crippen LogP contribution in [0, 0.1) is 13.8 Å². The Kier molecular flexibility index (Phi) is 6.57. The fourth-order valence-electron chi connectivity index (χ4n) is 1.67. The van der Waals surface area contributed by atoms with Crippen molar-refractivity contribution in [3.63, 3.8) is 0 Å². The molecule has 2 nitrogen and oxygen atoms in total. The quantitative estimate of drug-likeness (QED) is 0.832. The van der Waals surface area contributed by atoms with Gasteiger partial charge in [0.05, 0.1) is 0 Å². The number of hydrogen-bond acceptors (Lipinski definition) is 2. The largest absolute Gasteiger partial charge is 0.330 e. The molecule has 3 heteroatoms. The Morgan fingerprint density at radius 3 is 2.53 bits per heavy atom. The minimum Gasteiger partial charge on any atom is -0.330 e. The van der Waals surface area contributed by atoms with Crippen molar-refractivity contribution in [1.29, 1.82) is 0 Å². The number of nitrogens with two attached hydrogens (primary N) is 2. The van der Waals surface area contributed by atoms with Crippen LogP contribution in [-0.4, -0.2) is 6.54 Å². The topological polar surface area (TPSA) is 52.0 Å². The van der Waals surface area contributed by atoms with Crippen molar-refractivity contribution >= 4 is 12.4 Å². The van der Waals surface area contributed by atoms with Gasteiger partial charge in [-0.3, -0.25) is 0 Å². The molecular weight excluding hydrogens is 208 g/mol. The van der Waals surface area contributed by atoms with E-state index in [4.69, 9.17) is 11.5 Å². The summed E-state index contributed by atoms with van der Waals surface area (Å²) < 4.78 is 0. The third-order valence-corrected chi connectivity index (χ3v) is 2.77. The first kappa shape index (κ1) is 14.4. The first-order valence-electron chi connectivity index (χ1n) is 5.18. The van der Waals surface area contributed by atoms with E-state index in [-0.39, 0.29) is 18.4 Å². The van der Waals surface area contributed by atoms with Gasteiger partial charge >= 0.3 is 0 Å². The van der Waals surface area contributed by atoms with Gasteiger partial charge in [-0.25, -0.2) is 0 Å². The molecule has 0 saturated heterocycles. The Hall–Kier alpha value is -0.570. The zero-order valence-electron chi connectivity index (χ0n) is 9.49. The average molecular weight is 229 g/mol. The van der Waals surface area contributed by atoms with E-state index >= 15 is 0 Å². The standard InChI is InChI=1S/C12H20N2.ClH/c1-9-5-3-6-11(10(9)2)12(14)7-4-8-13;/h3,5-6,12H,4,7-8,13-14H2,1-2H3;1H/t12-;/m0./s1. The summed E-state index contributed by atoms with van der Waals surface area (Å²) >= 11 is 0. The molecule has 0 amide bonds. The Labute approximate surface area is 98.5 Å². The summed E-state index contributed by atoms with van der Waals surface area (Å²) in [6.07, 6.45) is 1.97. The Morgan fingerprint density at radius 1 is 1.27 bits per heavy atom. The molecule has 1 aromatic rings. The van der Waals surface area contributed by atoms with Crippen LogP contribution in [0.1, 0.15) is 35.6 Å². The summed E-state index contributed by atoms with van der Waals surface area (Å²) in [7, 11) is 0. The summed E-state index contributed by atoms with van der Waals surface area (Å²) in [5.74, 6) is 0. The van der Waals surface area contributed by atoms with E-state index in [2.05, 4.69) is 32.0 Å². The van der Waals surface area contributed by atoms with Crippen LogP contribution in [0.4, 0.5) is 0 Å². The van der Waals surface area contributed by atoms with Crippen molar-refractivity contribution in [3.8, 4) is 0 Å². The van der Waals surface area contributed by atoms with Crippen LogP contribution in [-0.2, 0) is 0 Å². The maximum Gasteiger partial charge on any atom is 0.0298 e. The first-order valence-corrected chi connectivity index (χ1v) is 5.18. The first-order chi connectivity index (χ1) is 6.66. The normalized spacial score (nSPS) is 12.0. The zero-order valence-corrected chi connectivity index (χ0v) is 10.3. The van der Waals surface area contributed by atoms with E-state index in [0.29, 0.717) is 0 Å². The molecule has 0 bridgehead atoms. The van der Waals surface area contributed by atoms with Crippen LogP contribution < -0.4 is 11.5 Å². The van der Waals surface area contributed by atoms with Crippen LogP contribution in [0.2, 0.25) is 0 Å². The van der Waals surface area contributed by atoms with Gasteiger partial charge in [0.1, 0.15) is 0 Å². The summed E-state index contributed by atoms with van der Waals surface area (Å²) in [6.45, 7) is 4.97. The molecule has 4 N–H and O–H groups in total. The molecule has 0 aliphatic heterocycles. The van der Waals surface area contributed by atoms with E-state index in [1.165, 1.54) is 16.7 Å². The molecular formula is C12H21ClN2. The fraction of sp³-hybridized carbons (Fsp3) is 0.500. The van der Waals surface area contributed by atoms with Crippen molar-refractivity contribution in [1.82, 2.24) is 0 Å².